The highest BCUT2D eigenvalue weighted by Gasteiger charge is 2.24. The number of anilines is 1. The lowest BCUT2D eigenvalue weighted by atomic mass is 10.1. The number of para-hydroxylation sites is 1. The number of hydrogen-bond acceptors (Lipinski definition) is 4. The van der Waals surface area contributed by atoms with Gasteiger partial charge in [-0.25, -0.2) is 4.39 Å². The first-order valence-electron chi connectivity index (χ1n) is 8.52. The SMILES string of the molecule is O=C(c1cc(-c2ccc(F)cc2)on1)N1CCN(c2ccccc2)CC1. The van der Waals surface area contributed by atoms with E-state index in [0.29, 0.717) is 24.4 Å². The molecule has 4 rings (SSSR count). The lowest BCUT2D eigenvalue weighted by molar-refractivity contribution is 0.0736. The first-order chi connectivity index (χ1) is 12.7. The van der Waals surface area contributed by atoms with E-state index >= 15 is 0 Å². The molecule has 1 aromatic heterocycles. The van der Waals surface area contributed by atoms with Crippen molar-refractivity contribution in [1.82, 2.24) is 10.1 Å². The van der Waals surface area contributed by atoms with E-state index in [0.717, 1.165) is 13.1 Å². The second-order valence-electron chi connectivity index (χ2n) is 6.20. The van der Waals surface area contributed by atoms with Crippen LogP contribution in [-0.2, 0) is 0 Å². The number of piperazine rings is 1. The van der Waals surface area contributed by atoms with Gasteiger partial charge in [0, 0.05) is 43.5 Å². The van der Waals surface area contributed by atoms with E-state index < -0.39 is 0 Å². The lowest BCUT2D eigenvalue weighted by Crippen LogP contribution is -2.48. The van der Waals surface area contributed by atoms with Gasteiger partial charge in [-0.2, -0.15) is 0 Å². The summed E-state index contributed by atoms with van der Waals surface area (Å²) in [5.74, 6) is -0.00746. The molecular weight excluding hydrogens is 333 g/mol. The number of amides is 1. The Morgan fingerprint density at radius 3 is 2.35 bits per heavy atom. The maximum Gasteiger partial charge on any atom is 0.276 e. The number of halogens is 1. The van der Waals surface area contributed by atoms with Crippen LogP contribution in [0.2, 0.25) is 0 Å². The van der Waals surface area contributed by atoms with Crippen LogP contribution in [-0.4, -0.2) is 42.1 Å². The molecular formula is C20H18FN3O2. The smallest absolute Gasteiger partial charge is 0.276 e. The monoisotopic (exact) mass is 351 g/mol. The molecule has 2 heterocycles. The van der Waals surface area contributed by atoms with Crippen molar-refractivity contribution >= 4 is 11.6 Å². The Hall–Kier alpha value is -3.15. The minimum atomic E-state index is -0.319. The highest BCUT2D eigenvalue weighted by molar-refractivity contribution is 5.93. The molecule has 1 saturated heterocycles. The Labute approximate surface area is 150 Å². The van der Waals surface area contributed by atoms with E-state index in [2.05, 4.69) is 22.2 Å². The van der Waals surface area contributed by atoms with Crippen molar-refractivity contribution in [2.75, 3.05) is 31.1 Å². The summed E-state index contributed by atoms with van der Waals surface area (Å²) in [4.78, 5) is 16.7. The van der Waals surface area contributed by atoms with E-state index in [9.17, 15) is 9.18 Å². The van der Waals surface area contributed by atoms with Crippen LogP contribution in [0.15, 0.2) is 65.2 Å². The van der Waals surface area contributed by atoms with Gasteiger partial charge in [0.05, 0.1) is 0 Å². The molecule has 26 heavy (non-hydrogen) atoms. The van der Waals surface area contributed by atoms with Crippen molar-refractivity contribution in [1.29, 1.82) is 0 Å². The van der Waals surface area contributed by atoms with Crippen LogP contribution in [0.4, 0.5) is 10.1 Å². The molecule has 132 valence electrons. The van der Waals surface area contributed by atoms with Gasteiger partial charge < -0.3 is 14.3 Å². The molecule has 1 aliphatic rings. The van der Waals surface area contributed by atoms with Gasteiger partial charge in [-0.15, -0.1) is 0 Å². The molecule has 0 spiro atoms. The zero-order chi connectivity index (χ0) is 17.9. The first-order valence-corrected chi connectivity index (χ1v) is 8.52. The number of nitrogens with zero attached hydrogens (tertiary/aromatic N) is 3. The van der Waals surface area contributed by atoms with Gasteiger partial charge in [0.25, 0.3) is 5.91 Å². The quantitative estimate of drug-likeness (QED) is 0.725. The molecule has 1 aliphatic heterocycles. The van der Waals surface area contributed by atoms with E-state index in [1.807, 2.05) is 18.2 Å². The molecule has 0 bridgehead atoms. The summed E-state index contributed by atoms with van der Waals surface area (Å²) in [6, 6.07) is 17.7. The van der Waals surface area contributed by atoms with E-state index in [1.54, 1.807) is 23.1 Å². The maximum absolute atomic E-state index is 13.0. The van der Waals surface area contributed by atoms with Crippen molar-refractivity contribution in [2.24, 2.45) is 0 Å². The molecule has 2 aromatic carbocycles. The third-order valence-corrected chi connectivity index (χ3v) is 4.55. The van der Waals surface area contributed by atoms with Crippen LogP contribution in [0, 0.1) is 5.82 Å². The molecule has 0 N–H and O–H groups in total. The van der Waals surface area contributed by atoms with E-state index in [1.165, 1.54) is 17.8 Å². The number of benzene rings is 2. The van der Waals surface area contributed by atoms with Gasteiger partial charge in [-0.1, -0.05) is 23.4 Å². The van der Waals surface area contributed by atoms with Crippen LogP contribution < -0.4 is 4.90 Å². The van der Waals surface area contributed by atoms with Crippen molar-refractivity contribution in [3.8, 4) is 11.3 Å². The Morgan fingerprint density at radius 2 is 1.65 bits per heavy atom. The summed E-state index contributed by atoms with van der Waals surface area (Å²) >= 11 is 0. The van der Waals surface area contributed by atoms with Gasteiger partial charge >= 0.3 is 0 Å². The van der Waals surface area contributed by atoms with Gasteiger partial charge in [-0.05, 0) is 36.4 Å². The lowest BCUT2D eigenvalue weighted by Gasteiger charge is -2.35. The average Bonchev–Trinajstić information content (AvgIpc) is 3.19. The molecule has 3 aromatic rings. The van der Waals surface area contributed by atoms with Gasteiger partial charge in [-0.3, -0.25) is 4.79 Å². The zero-order valence-corrected chi connectivity index (χ0v) is 14.1. The van der Waals surface area contributed by atoms with Crippen molar-refractivity contribution in [3.05, 3.63) is 72.2 Å². The average molecular weight is 351 g/mol. The molecule has 1 fully saturated rings. The molecule has 0 aliphatic carbocycles. The minimum absolute atomic E-state index is 0.144. The number of aromatic nitrogens is 1. The third-order valence-electron chi connectivity index (χ3n) is 4.55. The largest absolute Gasteiger partial charge is 0.368 e. The second kappa shape index (κ2) is 7.00. The van der Waals surface area contributed by atoms with Crippen LogP contribution in [0.5, 0.6) is 0 Å². The predicted molar refractivity (Wildman–Crippen MR) is 96.5 cm³/mol. The van der Waals surface area contributed by atoms with E-state index in [-0.39, 0.29) is 17.4 Å². The van der Waals surface area contributed by atoms with Crippen LogP contribution >= 0.6 is 0 Å². The molecule has 6 heteroatoms. The Balaban J connectivity index is 1.42. The number of carbonyl (C=O) groups is 1. The zero-order valence-electron chi connectivity index (χ0n) is 14.1. The highest BCUT2D eigenvalue weighted by Crippen LogP contribution is 2.22. The second-order valence-corrected chi connectivity index (χ2v) is 6.20. The number of hydrogen-bond donors (Lipinski definition) is 0. The number of rotatable bonds is 3. The Morgan fingerprint density at radius 1 is 0.962 bits per heavy atom. The number of carbonyl (C=O) groups excluding carboxylic acids is 1. The highest BCUT2D eigenvalue weighted by atomic mass is 19.1. The summed E-state index contributed by atoms with van der Waals surface area (Å²) in [5, 5.41) is 3.89. The van der Waals surface area contributed by atoms with Gasteiger partial charge in [0.2, 0.25) is 0 Å². The maximum atomic E-state index is 13.0. The summed E-state index contributed by atoms with van der Waals surface area (Å²) in [5.41, 5.74) is 2.13. The minimum Gasteiger partial charge on any atom is -0.368 e. The van der Waals surface area contributed by atoms with Crippen LogP contribution in [0.3, 0.4) is 0 Å². The normalized spacial score (nSPS) is 14.5. The Bertz CT molecular complexity index is 885. The van der Waals surface area contributed by atoms with Gasteiger partial charge in [0.15, 0.2) is 11.5 Å². The molecule has 0 unspecified atom stereocenters. The first kappa shape index (κ1) is 16.3. The standard InChI is InChI=1S/C20H18FN3O2/c21-16-8-6-15(7-9-16)19-14-18(22-26-19)20(25)24-12-10-23(11-13-24)17-4-2-1-3-5-17/h1-9,14H,10-13H2. The summed E-state index contributed by atoms with van der Waals surface area (Å²) in [6.07, 6.45) is 0. The molecule has 0 saturated carbocycles. The molecule has 0 radical (unpaired) electrons. The summed E-state index contributed by atoms with van der Waals surface area (Å²) in [6.45, 7) is 2.82. The van der Waals surface area contributed by atoms with Gasteiger partial charge in [0.1, 0.15) is 5.82 Å². The fraction of sp³-hybridized carbons (Fsp3) is 0.200. The third kappa shape index (κ3) is 3.31. The van der Waals surface area contributed by atoms with E-state index in [4.69, 9.17) is 4.52 Å². The fourth-order valence-electron chi connectivity index (χ4n) is 3.09. The molecule has 5 nitrogen and oxygen atoms in total. The van der Waals surface area contributed by atoms with Crippen LogP contribution in [0.25, 0.3) is 11.3 Å². The Kier molecular flexibility index (Phi) is 4.39. The van der Waals surface area contributed by atoms with Crippen molar-refractivity contribution in [3.63, 3.8) is 0 Å². The topological polar surface area (TPSA) is 49.6 Å². The van der Waals surface area contributed by atoms with Crippen molar-refractivity contribution in [2.45, 2.75) is 0 Å². The predicted octanol–water partition coefficient (Wildman–Crippen LogP) is 3.44. The molecule has 1 amide bonds. The summed E-state index contributed by atoms with van der Waals surface area (Å²) < 4.78 is 18.3. The molecule has 0 atom stereocenters. The summed E-state index contributed by atoms with van der Waals surface area (Å²) in [7, 11) is 0. The van der Waals surface area contributed by atoms with Crippen LogP contribution in [0.1, 0.15) is 10.5 Å². The fourth-order valence-corrected chi connectivity index (χ4v) is 3.09. The van der Waals surface area contributed by atoms with Crippen molar-refractivity contribution < 1.29 is 13.7 Å².